The van der Waals surface area contributed by atoms with Crippen LogP contribution in [0.2, 0.25) is 0 Å². The number of aromatic nitrogens is 5. The molecule has 1 aliphatic rings. The molecule has 0 bridgehead atoms. The number of nitrogens with one attached hydrogen (secondary N) is 1. The third-order valence-corrected chi connectivity index (χ3v) is 9.43. The molecule has 3 atom stereocenters. The van der Waals surface area contributed by atoms with Gasteiger partial charge >= 0.3 is 0 Å². The van der Waals surface area contributed by atoms with Crippen molar-refractivity contribution in [2.75, 3.05) is 5.75 Å². The molecule has 7 rings (SSSR count). The number of carbonyl (C=O) groups excluding carboxylic acids is 1. The maximum absolute atomic E-state index is 12.8. The van der Waals surface area contributed by atoms with Crippen LogP contribution in [0.15, 0.2) is 115 Å². The van der Waals surface area contributed by atoms with E-state index >= 15 is 0 Å². The van der Waals surface area contributed by atoms with E-state index in [1.54, 1.807) is 18.1 Å². The summed E-state index contributed by atoms with van der Waals surface area (Å²) < 4.78 is 14.9. The minimum absolute atomic E-state index is 0.00108. The Balaban J connectivity index is 1.04. The number of amides is 1. The molecule has 0 aliphatic carbocycles. The van der Waals surface area contributed by atoms with Gasteiger partial charge in [-0.15, -0.1) is 10.2 Å². The fourth-order valence-electron chi connectivity index (χ4n) is 5.63. The van der Waals surface area contributed by atoms with Crippen LogP contribution >= 0.6 is 11.8 Å². The Hall–Kier alpha value is -4.94. The Labute approximate surface area is 282 Å². The van der Waals surface area contributed by atoms with Crippen molar-refractivity contribution in [3.63, 3.8) is 0 Å². The highest BCUT2D eigenvalue weighted by atomic mass is 32.2. The number of aryl methyl sites for hydroxylation is 1. The number of para-hydroxylation sites is 2. The summed E-state index contributed by atoms with van der Waals surface area (Å²) in [4.78, 5) is 21.6. The minimum Gasteiger partial charge on any atom is -0.392 e. The highest BCUT2D eigenvalue weighted by molar-refractivity contribution is 7.99. The lowest BCUT2D eigenvalue weighted by Gasteiger charge is -2.36. The number of fused-ring (bicyclic) bond motifs is 1. The van der Waals surface area contributed by atoms with Crippen molar-refractivity contribution in [2.24, 2.45) is 7.05 Å². The minimum atomic E-state index is -0.555. The van der Waals surface area contributed by atoms with Gasteiger partial charge in [-0.25, -0.2) is 4.98 Å². The van der Waals surface area contributed by atoms with Crippen LogP contribution in [-0.4, -0.2) is 47.6 Å². The fraction of sp³-hybridized carbons (Fsp3) is 0.216. The zero-order chi connectivity index (χ0) is 32.9. The van der Waals surface area contributed by atoms with E-state index in [2.05, 4.69) is 49.7 Å². The quantitative estimate of drug-likeness (QED) is 0.166. The van der Waals surface area contributed by atoms with Gasteiger partial charge in [-0.3, -0.25) is 9.78 Å². The summed E-state index contributed by atoms with van der Waals surface area (Å²) in [5.41, 5.74) is 7.58. The van der Waals surface area contributed by atoms with Gasteiger partial charge in [-0.1, -0.05) is 90.6 Å². The summed E-state index contributed by atoms with van der Waals surface area (Å²) in [6.07, 6.45) is 3.07. The van der Waals surface area contributed by atoms with Crippen LogP contribution in [0.4, 0.5) is 0 Å². The van der Waals surface area contributed by atoms with E-state index in [0.717, 1.165) is 44.1 Å². The summed E-state index contributed by atoms with van der Waals surface area (Å²) >= 11 is 1.61. The van der Waals surface area contributed by atoms with E-state index in [-0.39, 0.29) is 30.4 Å². The number of rotatable bonds is 10. The second-order valence-corrected chi connectivity index (χ2v) is 12.6. The Morgan fingerprint density at radius 3 is 2.48 bits per heavy atom. The predicted octanol–water partition coefficient (Wildman–Crippen LogP) is 6.19. The number of thioether (sulfide) groups is 1. The lowest BCUT2D eigenvalue weighted by Crippen LogP contribution is -2.31. The molecule has 1 fully saturated rings. The normalized spacial score (nSPS) is 17.8. The van der Waals surface area contributed by atoms with Crippen LogP contribution in [0.3, 0.4) is 0 Å². The number of hydrogen-bond acceptors (Lipinski definition) is 9. The molecular weight excluding hydrogens is 625 g/mol. The van der Waals surface area contributed by atoms with E-state index < -0.39 is 6.29 Å². The van der Waals surface area contributed by atoms with E-state index in [1.807, 2.05) is 84.4 Å². The molecule has 2 N–H and O–H groups in total. The fourth-order valence-corrected chi connectivity index (χ4v) is 6.53. The molecule has 10 nitrogen and oxygen atoms in total. The average Bonchev–Trinajstić information content (AvgIpc) is 3.57. The lowest BCUT2D eigenvalue weighted by atomic mass is 9.99. The van der Waals surface area contributed by atoms with E-state index in [0.29, 0.717) is 24.2 Å². The van der Waals surface area contributed by atoms with Gasteiger partial charge in [-0.05, 0) is 46.0 Å². The largest absolute Gasteiger partial charge is 0.392 e. The highest BCUT2D eigenvalue weighted by Gasteiger charge is 2.32. The molecule has 11 heteroatoms. The molecule has 2 aromatic heterocycles. The average molecular weight is 659 g/mol. The van der Waals surface area contributed by atoms with Crippen molar-refractivity contribution in [3.8, 4) is 11.1 Å². The molecule has 0 radical (unpaired) electrons. The SMILES string of the molecule is Cn1cnnc1SC[C@H]1C[C@@H](c2ccc(CO)cc2)O[C@@H](c2ccc(-c3cccc(CNC(=O)c4cnc5ccccc5n4)c3)cc2)O1. The zero-order valence-corrected chi connectivity index (χ0v) is 27.1. The highest BCUT2D eigenvalue weighted by Crippen LogP contribution is 2.39. The number of aliphatic hydroxyl groups excluding tert-OH is 1. The third kappa shape index (κ3) is 7.29. The Bertz CT molecular complexity index is 2020. The van der Waals surface area contributed by atoms with Gasteiger partial charge in [-0.2, -0.15) is 0 Å². The second kappa shape index (κ2) is 14.4. The topological polar surface area (TPSA) is 124 Å². The molecule has 6 aromatic rings. The lowest BCUT2D eigenvalue weighted by molar-refractivity contribution is -0.245. The first-order valence-electron chi connectivity index (χ1n) is 15.7. The Morgan fingerprint density at radius 1 is 0.917 bits per heavy atom. The monoisotopic (exact) mass is 658 g/mol. The zero-order valence-electron chi connectivity index (χ0n) is 26.3. The maximum atomic E-state index is 12.8. The summed E-state index contributed by atoms with van der Waals surface area (Å²) in [5, 5.41) is 21.5. The molecular formula is C37H34N6O4S. The Morgan fingerprint density at radius 2 is 1.71 bits per heavy atom. The first-order chi connectivity index (χ1) is 23.5. The number of nitrogens with zero attached hydrogens (tertiary/aromatic N) is 5. The van der Waals surface area contributed by atoms with Crippen LogP contribution in [0, 0.1) is 0 Å². The molecule has 4 aromatic carbocycles. The number of ether oxygens (including phenoxy) is 2. The van der Waals surface area contributed by atoms with Crippen LogP contribution in [0.1, 0.15) is 51.6 Å². The van der Waals surface area contributed by atoms with Gasteiger partial charge in [0.1, 0.15) is 12.0 Å². The molecule has 48 heavy (non-hydrogen) atoms. The number of benzene rings is 4. The van der Waals surface area contributed by atoms with Gasteiger partial charge < -0.3 is 24.5 Å². The van der Waals surface area contributed by atoms with Gasteiger partial charge in [0.15, 0.2) is 11.4 Å². The number of hydrogen-bond donors (Lipinski definition) is 2. The number of aliphatic hydroxyl groups is 1. The van der Waals surface area contributed by atoms with Crippen molar-refractivity contribution in [2.45, 2.75) is 43.2 Å². The van der Waals surface area contributed by atoms with Crippen molar-refractivity contribution in [1.29, 1.82) is 0 Å². The van der Waals surface area contributed by atoms with Gasteiger partial charge in [0.2, 0.25) is 0 Å². The van der Waals surface area contributed by atoms with Gasteiger partial charge in [0, 0.05) is 31.3 Å². The van der Waals surface area contributed by atoms with Crippen LogP contribution in [0.5, 0.6) is 0 Å². The van der Waals surface area contributed by atoms with Crippen molar-refractivity contribution in [3.05, 3.63) is 138 Å². The van der Waals surface area contributed by atoms with Crippen molar-refractivity contribution < 1.29 is 19.4 Å². The van der Waals surface area contributed by atoms with Gasteiger partial charge in [0.25, 0.3) is 5.91 Å². The summed E-state index contributed by atoms with van der Waals surface area (Å²) in [7, 11) is 1.93. The molecule has 242 valence electrons. The Kier molecular flexibility index (Phi) is 9.53. The molecule has 3 heterocycles. The van der Waals surface area contributed by atoms with E-state index in [4.69, 9.17) is 9.47 Å². The standard InChI is InChI=1S/C37H34N6O4S/c1-43-23-40-42-37(43)48-22-30-18-34(27-11-9-24(21-44)10-12-27)47-36(46-30)28-15-13-26(14-16-28)29-6-4-5-25(17-29)19-39-35(45)33-20-38-31-7-2-3-8-32(31)41-33/h2-17,20,23,30,34,36,44H,18-19,21-22H2,1H3,(H,39,45)/t30-,34+,36+/m1/s1. The van der Waals surface area contributed by atoms with Crippen molar-refractivity contribution in [1.82, 2.24) is 30.0 Å². The van der Waals surface area contributed by atoms with E-state index in [1.165, 1.54) is 6.20 Å². The number of carbonyl (C=O) groups is 1. The third-order valence-electron chi connectivity index (χ3n) is 8.26. The van der Waals surface area contributed by atoms with Crippen LogP contribution in [-0.2, 0) is 29.7 Å². The summed E-state index contributed by atoms with van der Waals surface area (Å²) in [6.45, 7) is 0.357. The van der Waals surface area contributed by atoms with Gasteiger partial charge in [0.05, 0.1) is 36.0 Å². The summed E-state index contributed by atoms with van der Waals surface area (Å²) in [5.74, 6) is 0.429. The van der Waals surface area contributed by atoms with E-state index in [9.17, 15) is 9.90 Å². The summed E-state index contributed by atoms with van der Waals surface area (Å²) in [6, 6.07) is 31.7. The maximum Gasteiger partial charge on any atom is 0.271 e. The smallest absolute Gasteiger partial charge is 0.271 e. The van der Waals surface area contributed by atoms with Crippen molar-refractivity contribution >= 4 is 28.7 Å². The molecule has 0 saturated carbocycles. The van der Waals surface area contributed by atoms with Crippen LogP contribution in [0.25, 0.3) is 22.2 Å². The molecule has 1 saturated heterocycles. The molecule has 1 aliphatic heterocycles. The molecule has 0 unspecified atom stereocenters. The molecule has 0 spiro atoms. The molecule has 1 amide bonds. The second-order valence-electron chi connectivity index (χ2n) is 11.6. The predicted molar refractivity (Wildman–Crippen MR) is 183 cm³/mol. The first kappa shape index (κ1) is 31.6. The van der Waals surface area contributed by atoms with Crippen LogP contribution < -0.4 is 5.32 Å². The first-order valence-corrected chi connectivity index (χ1v) is 16.7.